The minimum atomic E-state index is 0.676. The Balaban J connectivity index is 2.43. The summed E-state index contributed by atoms with van der Waals surface area (Å²) in [6.45, 7) is 14.3. The van der Waals surface area contributed by atoms with Crippen LogP contribution in [-0.2, 0) is 0 Å². The molecular weight excluding hydrogens is 220 g/mol. The summed E-state index contributed by atoms with van der Waals surface area (Å²) in [5, 5.41) is 3.75. The molecule has 0 aromatic rings. The van der Waals surface area contributed by atoms with Gasteiger partial charge in [0.25, 0.3) is 0 Å². The average Bonchev–Trinajstić information content (AvgIpc) is 2.31. The zero-order valence-corrected chi connectivity index (χ0v) is 13.2. The van der Waals surface area contributed by atoms with Gasteiger partial charge in [0, 0.05) is 18.1 Å². The molecule has 1 saturated heterocycles. The summed E-state index contributed by atoms with van der Waals surface area (Å²) in [7, 11) is 0. The Morgan fingerprint density at radius 3 is 2.39 bits per heavy atom. The summed E-state index contributed by atoms with van der Waals surface area (Å²) < 4.78 is 0. The van der Waals surface area contributed by atoms with Crippen LogP contribution in [0.3, 0.4) is 0 Å². The van der Waals surface area contributed by atoms with Crippen molar-refractivity contribution in [1.82, 2.24) is 10.2 Å². The third-order valence-corrected chi connectivity index (χ3v) is 4.41. The maximum Gasteiger partial charge on any atom is 0.00790 e. The first-order valence-electron chi connectivity index (χ1n) is 8.03. The lowest BCUT2D eigenvalue weighted by Crippen LogP contribution is -2.46. The smallest absolute Gasteiger partial charge is 0.00790 e. The highest BCUT2D eigenvalue weighted by Gasteiger charge is 2.20. The van der Waals surface area contributed by atoms with E-state index in [1.807, 2.05) is 0 Å². The van der Waals surface area contributed by atoms with E-state index >= 15 is 0 Å². The van der Waals surface area contributed by atoms with Gasteiger partial charge in [0.15, 0.2) is 0 Å². The Hall–Kier alpha value is -0.0800. The van der Waals surface area contributed by atoms with Crippen LogP contribution in [0.5, 0.6) is 0 Å². The maximum absolute atomic E-state index is 3.75. The van der Waals surface area contributed by atoms with Crippen molar-refractivity contribution < 1.29 is 0 Å². The Labute approximate surface area is 115 Å². The molecule has 1 heterocycles. The quantitative estimate of drug-likeness (QED) is 0.805. The second-order valence-electron chi connectivity index (χ2n) is 6.61. The molecule has 1 aliphatic heterocycles. The molecule has 0 saturated carbocycles. The molecule has 1 rings (SSSR count). The van der Waals surface area contributed by atoms with Gasteiger partial charge in [0.05, 0.1) is 0 Å². The molecule has 0 aromatic heterocycles. The summed E-state index contributed by atoms with van der Waals surface area (Å²) in [5.74, 6) is 0.839. The second kappa shape index (κ2) is 8.16. The molecule has 0 spiro atoms. The van der Waals surface area contributed by atoms with Crippen LogP contribution >= 0.6 is 0 Å². The molecule has 18 heavy (non-hydrogen) atoms. The van der Waals surface area contributed by atoms with E-state index < -0.39 is 0 Å². The molecule has 2 heteroatoms. The van der Waals surface area contributed by atoms with E-state index in [1.54, 1.807) is 0 Å². The van der Waals surface area contributed by atoms with E-state index in [9.17, 15) is 0 Å². The number of hydrogen-bond donors (Lipinski definition) is 1. The fourth-order valence-corrected chi connectivity index (χ4v) is 2.88. The van der Waals surface area contributed by atoms with Crippen molar-refractivity contribution in [2.45, 2.75) is 84.8 Å². The van der Waals surface area contributed by atoms with Gasteiger partial charge >= 0.3 is 0 Å². The Kier molecular flexibility index (Phi) is 7.25. The van der Waals surface area contributed by atoms with Crippen molar-refractivity contribution >= 4 is 0 Å². The second-order valence-corrected chi connectivity index (χ2v) is 6.61. The maximum atomic E-state index is 3.75. The predicted molar refractivity (Wildman–Crippen MR) is 81.0 cm³/mol. The lowest BCUT2D eigenvalue weighted by Gasteiger charge is -2.35. The fourth-order valence-electron chi connectivity index (χ4n) is 2.88. The monoisotopic (exact) mass is 254 g/mol. The standard InChI is InChI=1S/C16H34N2/c1-6-16-10-12-18(11-9-14(4)17-16)15(5)8-7-13(2)3/h13-17H,6-12H2,1-5H3. The molecule has 108 valence electrons. The summed E-state index contributed by atoms with van der Waals surface area (Å²) in [6, 6.07) is 2.16. The SMILES string of the molecule is CCC1CCN(C(C)CCC(C)C)CCC(C)N1. The molecule has 1 fully saturated rings. The highest BCUT2D eigenvalue weighted by Crippen LogP contribution is 2.16. The van der Waals surface area contributed by atoms with Crippen molar-refractivity contribution in [3.8, 4) is 0 Å². The van der Waals surface area contributed by atoms with Crippen molar-refractivity contribution in [3.63, 3.8) is 0 Å². The Morgan fingerprint density at radius 2 is 1.78 bits per heavy atom. The fraction of sp³-hybridized carbons (Fsp3) is 1.00. The molecule has 3 unspecified atom stereocenters. The molecule has 3 atom stereocenters. The van der Waals surface area contributed by atoms with E-state index in [1.165, 1.54) is 45.2 Å². The molecule has 2 nitrogen and oxygen atoms in total. The average molecular weight is 254 g/mol. The van der Waals surface area contributed by atoms with E-state index in [0.29, 0.717) is 6.04 Å². The van der Waals surface area contributed by atoms with Gasteiger partial charge in [-0.3, -0.25) is 0 Å². The van der Waals surface area contributed by atoms with Crippen LogP contribution in [0.15, 0.2) is 0 Å². The van der Waals surface area contributed by atoms with Gasteiger partial charge < -0.3 is 10.2 Å². The predicted octanol–water partition coefficient (Wildman–Crippen LogP) is 3.66. The molecule has 1 N–H and O–H groups in total. The van der Waals surface area contributed by atoms with Crippen molar-refractivity contribution in [3.05, 3.63) is 0 Å². The van der Waals surface area contributed by atoms with Crippen molar-refractivity contribution in [2.24, 2.45) is 5.92 Å². The molecule has 0 radical (unpaired) electrons. The molecule has 0 aromatic carbocycles. The van der Waals surface area contributed by atoms with Crippen molar-refractivity contribution in [1.29, 1.82) is 0 Å². The van der Waals surface area contributed by atoms with Crippen LogP contribution in [0.4, 0.5) is 0 Å². The minimum absolute atomic E-state index is 0.676. The highest BCUT2D eigenvalue weighted by atomic mass is 15.2. The third-order valence-electron chi connectivity index (χ3n) is 4.41. The topological polar surface area (TPSA) is 15.3 Å². The highest BCUT2D eigenvalue weighted by molar-refractivity contribution is 4.79. The summed E-state index contributed by atoms with van der Waals surface area (Å²) >= 11 is 0. The minimum Gasteiger partial charge on any atom is -0.311 e. The van der Waals surface area contributed by atoms with Gasteiger partial charge in [-0.05, 0) is 65.0 Å². The van der Waals surface area contributed by atoms with Gasteiger partial charge in [0.1, 0.15) is 0 Å². The van der Waals surface area contributed by atoms with Crippen LogP contribution in [0.2, 0.25) is 0 Å². The van der Waals surface area contributed by atoms with Crippen LogP contribution in [0.25, 0.3) is 0 Å². The first-order chi connectivity index (χ1) is 8.52. The number of hydrogen-bond acceptors (Lipinski definition) is 2. The summed E-state index contributed by atoms with van der Waals surface area (Å²) in [4.78, 5) is 2.72. The Bertz CT molecular complexity index is 215. The number of nitrogens with zero attached hydrogens (tertiary/aromatic N) is 1. The van der Waals surface area contributed by atoms with Gasteiger partial charge in [0.2, 0.25) is 0 Å². The van der Waals surface area contributed by atoms with E-state index in [2.05, 4.69) is 44.8 Å². The van der Waals surface area contributed by atoms with Gasteiger partial charge in [-0.15, -0.1) is 0 Å². The number of rotatable bonds is 5. The van der Waals surface area contributed by atoms with Gasteiger partial charge in [-0.25, -0.2) is 0 Å². The van der Waals surface area contributed by atoms with Crippen LogP contribution < -0.4 is 5.32 Å². The largest absolute Gasteiger partial charge is 0.311 e. The van der Waals surface area contributed by atoms with E-state index in [-0.39, 0.29) is 0 Å². The van der Waals surface area contributed by atoms with E-state index in [0.717, 1.165) is 18.0 Å². The lowest BCUT2D eigenvalue weighted by molar-refractivity contribution is 0.156. The molecule has 0 bridgehead atoms. The Morgan fingerprint density at radius 1 is 1.11 bits per heavy atom. The molecule has 1 aliphatic rings. The first-order valence-corrected chi connectivity index (χ1v) is 8.03. The van der Waals surface area contributed by atoms with Gasteiger partial charge in [-0.2, -0.15) is 0 Å². The van der Waals surface area contributed by atoms with Crippen molar-refractivity contribution in [2.75, 3.05) is 13.1 Å². The molecular formula is C16H34N2. The first kappa shape index (κ1) is 16.0. The van der Waals surface area contributed by atoms with Crippen LogP contribution in [-0.4, -0.2) is 36.1 Å². The van der Waals surface area contributed by atoms with Crippen LogP contribution in [0.1, 0.15) is 66.7 Å². The van der Waals surface area contributed by atoms with Gasteiger partial charge in [-0.1, -0.05) is 20.8 Å². The van der Waals surface area contributed by atoms with E-state index in [4.69, 9.17) is 0 Å². The molecule has 0 aliphatic carbocycles. The zero-order valence-electron chi connectivity index (χ0n) is 13.2. The molecule has 0 amide bonds. The van der Waals surface area contributed by atoms with Crippen LogP contribution in [0, 0.1) is 5.92 Å². The third kappa shape index (κ3) is 5.71. The lowest BCUT2D eigenvalue weighted by atomic mass is 10.0. The normalized spacial score (nSPS) is 29.0. The number of nitrogens with one attached hydrogen (secondary N) is 1. The zero-order chi connectivity index (χ0) is 13.5. The summed E-state index contributed by atoms with van der Waals surface area (Å²) in [5.41, 5.74) is 0. The summed E-state index contributed by atoms with van der Waals surface area (Å²) in [6.07, 6.45) is 6.59.